The van der Waals surface area contributed by atoms with E-state index in [9.17, 15) is 5.11 Å². The molecule has 0 bridgehead atoms. The molecule has 1 aromatic rings. The van der Waals surface area contributed by atoms with Crippen LogP contribution < -0.4 is 0 Å². The number of nitrogens with zero attached hydrogens (tertiary/aromatic N) is 2. The molecule has 5 heteroatoms. The standard InChI is InChI=1S/C16H27N3O2/c1-12-9-19(10-15-13(2)17-11-18-15)6-5-16(12,20)14-3-7-21-8-4-14/h11-12,14,20H,3-10H2,1-2H3,(H,17,18)/t12-,16+/m1/s1. The second kappa shape index (κ2) is 6.07. The summed E-state index contributed by atoms with van der Waals surface area (Å²) in [4.78, 5) is 9.94. The van der Waals surface area contributed by atoms with Crippen LogP contribution in [0.15, 0.2) is 6.33 Å². The van der Waals surface area contributed by atoms with Crippen molar-refractivity contribution in [3.63, 3.8) is 0 Å². The lowest BCUT2D eigenvalue weighted by molar-refractivity contribution is -0.131. The summed E-state index contributed by atoms with van der Waals surface area (Å²) < 4.78 is 5.44. The smallest absolute Gasteiger partial charge is 0.0925 e. The van der Waals surface area contributed by atoms with Crippen molar-refractivity contribution < 1.29 is 9.84 Å². The van der Waals surface area contributed by atoms with Gasteiger partial charge < -0.3 is 14.8 Å². The van der Waals surface area contributed by atoms with Crippen molar-refractivity contribution in [1.82, 2.24) is 14.9 Å². The van der Waals surface area contributed by atoms with Crippen LogP contribution in [0.5, 0.6) is 0 Å². The molecule has 0 aliphatic carbocycles. The third-order valence-electron chi connectivity index (χ3n) is 5.45. The average molecular weight is 293 g/mol. The van der Waals surface area contributed by atoms with E-state index in [0.29, 0.717) is 11.8 Å². The molecule has 5 nitrogen and oxygen atoms in total. The van der Waals surface area contributed by atoms with Gasteiger partial charge in [0, 0.05) is 38.5 Å². The zero-order valence-corrected chi connectivity index (χ0v) is 13.1. The van der Waals surface area contributed by atoms with Gasteiger partial charge in [0.2, 0.25) is 0 Å². The second-order valence-corrected chi connectivity index (χ2v) is 6.74. The monoisotopic (exact) mass is 293 g/mol. The first-order valence-corrected chi connectivity index (χ1v) is 8.11. The Kier molecular flexibility index (Phi) is 4.33. The van der Waals surface area contributed by atoms with Crippen molar-refractivity contribution in [1.29, 1.82) is 0 Å². The number of ether oxygens (including phenoxy) is 1. The van der Waals surface area contributed by atoms with E-state index in [0.717, 1.165) is 63.5 Å². The zero-order chi connectivity index (χ0) is 14.9. The lowest BCUT2D eigenvalue weighted by Gasteiger charge is -2.48. The van der Waals surface area contributed by atoms with E-state index < -0.39 is 5.60 Å². The second-order valence-electron chi connectivity index (χ2n) is 6.74. The summed E-state index contributed by atoms with van der Waals surface area (Å²) in [6.07, 6.45) is 4.62. The SMILES string of the molecule is Cc1[nH]cnc1CN1CC[C@@](O)(C2CCOCC2)[C@H](C)C1. The third-order valence-corrected chi connectivity index (χ3v) is 5.45. The van der Waals surface area contributed by atoms with E-state index in [-0.39, 0.29) is 0 Å². The van der Waals surface area contributed by atoms with Crippen molar-refractivity contribution in [2.75, 3.05) is 26.3 Å². The van der Waals surface area contributed by atoms with Crippen LogP contribution in [0.2, 0.25) is 0 Å². The molecule has 2 saturated heterocycles. The number of aryl methyl sites for hydroxylation is 1. The molecule has 3 rings (SSSR count). The van der Waals surface area contributed by atoms with Crippen molar-refractivity contribution >= 4 is 0 Å². The van der Waals surface area contributed by atoms with Gasteiger partial charge in [-0.25, -0.2) is 4.98 Å². The van der Waals surface area contributed by atoms with E-state index in [2.05, 4.69) is 28.7 Å². The van der Waals surface area contributed by atoms with Crippen molar-refractivity contribution in [3.05, 3.63) is 17.7 Å². The third kappa shape index (κ3) is 3.00. The minimum Gasteiger partial charge on any atom is -0.389 e. The molecule has 2 fully saturated rings. The van der Waals surface area contributed by atoms with Crippen LogP contribution in [0.4, 0.5) is 0 Å². The Balaban J connectivity index is 1.62. The maximum absolute atomic E-state index is 11.2. The Morgan fingerprint density at radius 3 is 2.86 bits per heavy atom. The maximum atomic E-state index is 11.2. The van der Waals surface area contributed by atoms with Gasteiger partial charge in [0.1, 0.15) is 0 Å². The van der Waals surface area contributed by atoms with E-state index >= 15 is 0 Å². The molecule has 2 aliphatic rings. The molecule has 2 aliphatic heterocycles. The summed E-state index contributed by atoms with van der Waals surface area (Å²) in [6, 6.07) is 0. The van der Waals surface area contributed by atoms with E-state index in [1.165, 1.54) is 0 Å². The summed E-state index contributed by atoms with van der Waals surface area (Å²) in [5, 5.41) is 11.2. The van der Waals surface area contributed by atoms with Gasteiger partial charge in [0.05, 0.1) is 17.6 Å². The first-order valence-electron chi connectivity index (χ1n) is 8.11. The molecule has 1 aromatic heterocycles. The molecular formula is C16H27N3O2. The van der Waals surface area contributed by atoms with E-state index in [4.69, 9.17) is 4.74 Å². The lowest BCUT2D eigenvalue weighted by Crippen LogP contribution is -2.55. The fourth-order valence-electron chi connectivity index (χ4n) is 3.93. The number of hydrogen-bond acceptors (Lipinski definition) is 4. The first kappa shape index (κ1) is 15.0. The minimum atomic E-state index is -0.513. The molecule has 0 unspecified atom stereocenters. The Hall–Kier alpha value is -0.910. The van der Waals surface area contributed by atoms with Gasteiger partial charge in [0.15, 0.2) is 0 Å². The van der Waals surface area contributed by atoms with E-state index in [1.54, 1.807) is 6.33 Å². The highest BCUT2D eigenvalue weighted by atomic mass is 16.5. The summed E-state index contributed by atoms with van der Waals surface area (Å²) in [5.74, 6) is 0.698. The van der Waals surface area contributed by atoms with Crippen LogP contribution in [-0.2, 0) is 11.3 Å². The molecule has 3 heterocycles. The number of aliphatic hydroxyl groups is 1. The maximum Gasteiger partial charge on any atom is 0.0925 e. The number of hydrogen-bond donors (Lipinski definition) is 2. The Morgan fingerprint density at radius 2 is 2.24 bits per heavy atom. The van der Waals surface area contributed by atoms with Crippen LogP contribution in [0.25, 0.3) is 0 Å². The molecule has 118 valence electrons. The minimum absolute atomic E-state index is 0.300. The molecule has 2 N–H and O–H groups in total. The number of aromatic nitrogens is 2. The number of nitrogens with one attached hydrogen (secondary N) is 1. The largest absolute Gasteiger partial charge is 0.389 e. The van der Waals surface area contributed by atoms with Crippen LogP contribution in [0.3, 0.4) is 0 Å². The normalized spacial score (nSPS) is 32.4. The van der Waals surface area contributed by atoms with Gasteiger partial charge in [-0.1, -0.05) is 6.92 Å². The van der Waals surface area contributed by atoms with Crippen LogP contribution in [-0.4, -0.2) is 51.9 Å². The van der Waals surface area contributed by atoms with Crippen molar-refractivity contribution in [2.45, 2.75) is 45.3 Å². The van der Waals surface area contributed by atoms with E-state index in [1.807, 2.05) is 0 Å². The van der Waals surface area contributed by atoms with Gasteiger partial charge in [-0.2, -0.15) is 0 Å². The van der Waals surface area contributed by atoms with Crippen molar-refractivity contribution in [2.24, 2.45) is 11.8 Å². The Morgan fingerprint density at radius 1 is 1.48 bits per heavy atom. The summed E-state index contributed by atoms with van der Waals surface area (Å²) in [5.41, 5.74) is 1.76. The number of rotatable bonds is 3. The van der Waals surface area contributed by atoms with Gasteiger partial charge in [0.25, 0.3) is 0 Å². The van der Waals surface area contributed by atoms with Crippen LogP contribution >= 0.6 is 0 Å². The highest BCUT2D eigenvalue weighted by Crippen LogP contribution is 2.39. The van der Waals surface area contributed by atoms with Gasteiger partial charge >= 0.3 is 0 Å². The van der Waals surface area contributed by atoms with Crippen molar-refractivity contribution in [3.8, 4) is 0 Å². The summed E-state index contributed by atoms with van der Waals surface area (Å²) in [6.45, 7) is 8.63. The number of likely N-dealkylation sites (tertiary alicyclic amines) is 1. The summed E-state index contributed by atoms with van der Waals surface area (Å²) >= 11 is 0. The highest BCUT2D eigenvalue weighted by Gasteiger charge is 2.45. The predicted molar refractivity (Wildman–Crippen MR) is 80.9 cm³/mol. The number of imidazole rings is 1. The van der Waals surface area contributed by atoms with Gasteiger partial charge in [-0.3, -0.25) is 4.90 Å². The topological polar surface area (TPSA) is 61.4 Å². The number of H-pyrrole nitrogens is 1. The number of piperidine rings is 1. The molecular weight excluding hydrogens is 266 g/mol. The summed E-state index contributed by atoms with van der Waals surface area (Å²) in [7, 11) is 0. The fraction of sp³-hybridized carbons (Fsp3) is 0.812. The molecule has 0 amide bonds. The molecule has 0 spiro atoms. The van der Waals surface area contributed by atoms with Crippen LogP contribution in [0.1, 0.15) is 37.6 Å². The lowest BCUT2D eigenvalue weighted by atomic mass is 9.70. The average Bonchev–Trinajstić information content (AvgIpc) is 2.89. The predicted octanol–water partition coefficient (Wildman–Crippen LogP) is 1.72. The Labute approximate surface area is 126 Å². The molecule has 0 saturated carbocycles. The fourth-order valence-corrected chi connectivity index (χ4v) is 3.93. The highest BCUT2D eigenvalue weighted by molar-refractivity contribution is 5.09. The van der Waals surface area contributed by atoms with Gasteiger partial charge in [-0.05, 0) is 38.0 Å². The number of aromatic amines is 1. The molecule has 2 atom stereocenters. The molecule has 0 radical (unpaired) electrons. The quantitative estimate of drug-likeness (QED) is 0.891. The van der Waals surface area contributed by atoms with Gasteiger partial charge in [-0.15, -0.1) is 0 Å². The first-order chi connectivity index (χ1) is 10.1. The Bertz CT molecular complexity index is 470. The molecule has 21 heavy (non-hydrogen) atoms. The van der Waals surface area contributed by atoms with Crippen LogP contribution in [0, 0.1) is 18.8 Å². The zero-order valence-electron chi connectivity index (χ0n) is 13.1. The molecule has 0 aromatic carbocycles.